The van der Waals surface area contributed by atoms with Crippen LogP contribution in [0.1, 0.15) is 213 Å². The lowest BCUT2D eigenvalue weighted by atomic mass is 10.0. The molecule has 0 saturated carbocycles. The van der Waals surface area contributed by atoms with E-state index in [0.29, 0.717) is 16.4 Å². The molecule has 302 valence electrons. The van der Waals surface area contributed by atoms with Crippen molar-refractivity contribution in [1.29, 1.82) is 0 Å². The Kier molecular flexibility index (Phi) is 27.1. The van der Waals surface area contributed by atoms with Gasteiger partial charge in [-0.15, -0.1) is 0 Å². The quantitative estimate of drug-likeness (QED) is 0.0229. The van der Waals surface area contributed by atoms with Gasteiger partial charge in [0.05, 0.1) is 13.3 Å². The summed E-state index contributed by atoms with van der Waals surface area (Å²) in [6, 6.07) is 5.04. The molecule has 1 aliphatic heterocycles. The molecule has 53 heavy (non-hydrogen) atoms. The second kappa shape index (κ2) is 30.8. The first-order chi connectivity index (χ1) is 25.9. The summed E-state index contributed by atoms with van der Waals surface area (Å²) in [6.07, 6.45) is 39.1. The summed E-state index contributed by atoms with van der Waals surface area (Å²) in [4.78, 5) is 27.8. The van der Waals surface area contributed by atoms with E-state index in [4.69, 9.17) is 21.7 Å². The number of nitrogens with zero attached hydrogens (tertiary/aromatic N) is 3. The predicted octanol–water partition coefficient (Wildman–Crippen LogP) is 13.1. The van der Waals surface area contributed by atoms with Crippen LogP contribution in [0.15, 0.2) is 23.3 Å². The van der Waals surface area contributed by atoms with E-state index in [2.05, 4.69) is 23.8 Å². The maximum atomic E-state index is 13.8. The second-order valence-corrected chi connectivity index (χ2v) is 15.7. The Labute approximate surface area is 330 Å². The van der Waals surface area contributed by atoms with Crippen LogP contribution in [0.4, 0.5) is 0 Å². The summed E-state index contributed by atoms with van der Waals surface area (Å²) >= 11 is 5.90. The number of thiocarbonyl (C=S) groups is 1. The van der Waals surface area contributed by atoms with Crippen molar-refractivity contribution in [3.8, 4) is 11.5 Å². The molecule has 8 heteroatoms. The zero-order valence-corrected chi connectivity index (χ0v) is 35.3. The molecule has 0 spiro atoms. The number of hydrogen-bond acceptors (Lipinski definition) is 6. The molecule has 1 aliphatic rings. The molecule has 7 nitrogen and oxygen atoms in total. The third-order valence-corrected chi connectivity index (χ3v) is 11.1. The highest BCUT2D eigenvalue weighted by Gasteiger charge is 2.41. The van der Waals surface area contributed by atoms with E-state index in [1.807, 2.05) is 0 Å². The summed E-state index contributed by atoms with van der Waals surface area (Å²) in [7, 11) is 1.53. The maximum Gasteiger partial charge on any atom is 0.308 e. The topological polar surface area (TPSA) is 71.4 Å². The number of carbonyl (C=O) groups is 2. The van der Waals surface area contributed by atoms with E-state index < -0.39 is 5.97 Å². The lowest BCUT2D eigenvalue weighted by molar-refractivity contribution is -0.132. The van der Waals surface area contributed by atoms with Gasteiger partial charge in [-0.05, 0) is 37.2 Å². The molecular formula is C45H77N3O4S. The summed E-state index contributed by atoms with van der Waals surface area (Å²) in [5.41, 5.74) is 0.545. The molecule has 2 rings (SSSR count). The highest BCUT2D eigenvalue weighted by molar-refractivity contribution is 7.80. The predicted molar refractivity (Wildman–Crippen MR) is 227 cm³/mol. The van der Waals surface area contributed by atoms with E-state index >= 15 is 0 Å². The number of methoxy groups -OCH3 is 1. The third-order valence-electron chi connectivity index (χ3n) is 10.7. The van der Waals surface area contributed by atoms with Crippen molar-refractivity contribution < 1.29 is 19.1 Å². The van der Waals surface area contributed by atoms with Crippen molar-refractivity contribution in [2.24, 2.45) is 5.10 Å². The van der Waals surface area contributed by atoms with Crippen molar-refractivity contribution in [1.82, 2.24) is 9.91 Å². The van der Waals surface area contributed by atoms with Crippen LogP contribution in [0.5, 0.6) is 11.5 Å². The first kappa shape index (κ1) is 46.7. The Balaban J connectivity index is 1.83. The number of unbranched alkanes of at least 4 members (excludes halogenated alkanes) is 26. The molecule has 0 aliphatic carbocycles. The molecule has 0 radical (unpaired) electrons. The SMILES string of the molecule is CCCCCCCCCCCCCCCCC1C(=O)N(N=Cc2cccc(OC)c2OC(C)=O)C(=S)N1CCCCCCCCCCCCCCCC. The van der Waals surface area contributed by atoms with Gasteiger partial charge in [0.15, 0.2) is 11.5 Å². The number of carbonyl (C=O) groups excluding carboxylic acids is 2. The minimum absolute atomic E-state index is 0.0664. The van der Waals surface area contributed by atoms with Gasteiger partial charge < -0.3 is 14.4 Å². The van der Waals surface area contributed by atoms with Gasteiger partial charge in [-0.3, -0.25) is 9.59 Å². The Hall–Kier alpha value is -2.48. The standard InChI is InChI=1S/C45H77N3O4S/c1-5-7-9-11-13-15-17-19-21-23-25-27-29-31-35-41-44(50)48(46-38-40-34-33-36-42(51-4)43(40)52-39(3)49)45(53)47(41)37-32-30-28-26-24-22-20-18-16-14-12-10-8-6-2/h33-34,36,38,41H,5-32,35,37H2,1-4H3. The van der Waals surface area contributed by atoms with Gasteiger partial charge in [-0.25, -0.2) is 0 Å². The molecule has 1 amide bonds. The molecule has 0 bridgehead atoms. The van der Waals surface area contributed by atoms with Crippen LogP contribution >= 0.6 is 12.2 Å². The van der Waals surface area contributed by atoms with Crippen LogP contribution in [0.2, 0.25) is 0 Å². The molecule has 1 aromatic rings. The second-order valence-electron chi connectivity index (χ2n) is 15.3. The average molecular weight is 756 g/mol. The minimum atomic E-state index is -0.454. The molecule has 1 unspecified atom stereocenters. The number of benzene rings is 1. The molecule has 1 atom stereocenters. The van der Waals surface area contributed by atoms with E-state index in [9.17, 15) is 9.59 Å². The van der Waals surface area contributed by atoms with Gasteiger partial charge in [0, 0.05) is 19.0 Å². The number of rotatable bonds is 34. The van der Waals surface area contributed by atoms with Gasteiger partial charge in [0.25, 0.3) is 5.91 Å². The highest BCUT2D eigenvalue weighted by Crippen LogP contribution is 2.31. The number of hydrazone groups is 1. The van der Waals surface area contributed by atoms with Crippen LogP contribution in [0, 0.1) is 0 Å². The van der Waals surface area contributed by atoms with Crippen LogP contribution < -0.4 is 9.47 Å². The number of para-hydroxylation sites is 1. The molecule has 1 saturated heterocycles. The molecule has 1 fully saturated rings. The van der Waals surface area contributed by atoms with E-state index in [1.54, 1.807) is 24.4 Å². The first-order valence-corrected chi connectivity index (χ1v) is 22.4. The molecule has 0 aromatic heterocycles. The normalized spacial score (nSPS) is 14.6. The molecule has 1 heterocycles. The number of ether oxygens (including phenoxy) is 2. The number of esters is 1. The van der Waals surface area contributed by atoms with E-state index in [0.717, 1.165) is 38.6 Å². The monoisotopic (exact) mass is 756 g/mol. The largest absolute Gasteiger partial charge is 0.493 e. The Morgan fingerprint density at radius 3 is 1.57 bits per heavy atom. The van der Waals surface area contributed by atoms with Crippen molar-refractivity contribution in [3.05, 3.63) is 23.8 Å². The summed E-state index contributed by atoms with van der Waals surface area (Å²) in [5, 5.41) is 6.41. The Bertz CT molecular complexity index is 1110. The zero-order valence-electron chi connectivity index (χ0n) is 34.5. The fourth-order valence-electron chi connectivity index (χ4n) is 7.44. The first-order valence-electron chi connectivity index (χ1n) is 22.0. The van der Waals surface area contributed by atoms with E-state index in [-0.39, 0.29) is 17.7 Å². The van der Waals surface area contributed by atoms with Crippen LogP contribution in [-0.4, -0.2) is 52.8 Å². The van der Waals surface area contributed by atoms with Crippen molar-refractivity contribution in [2.45, 2.75) is 213 Å². The van der Waals surface area contributed by atoms with Gasteiger partial charge in [-0.2, -0.15) is 10.1 Å². The van der Waals surface area contributed by atoms with E-state index in [1.165, 1.54) is 173 Å². The zero-order chi connectivity index (χ0) is 38.4. The summed E-state index contributed by atoms with van der Waals surface area (Å²) in [5.74, 6) is 0.185. The Morgan fingerprint density at radius 2 is 1.13 bits per heavy atom. The highest BCUT2D eigenvalue weighted by atomic mass is 32.1. The van der Waals surface area contributed by atoms with Crippen molar-refractivity contribution in [3.63, 3.8) is 0 Å². The molecule has 0 N–H and O–H groups in total. The minimum Gasteiger partial charge on any atom is -0.493 e. The average Bonchev–Trinajstić information content (AvgIpc) is 3.37. The van der Waals surface area contributed by atoms with Crippen LogP contribution in [-0.2, 0) is 9.59 Å². The van der Waals surface area contributed by atoms with Gasteiger partial charge in [-0.1, -0.05) is 193 Å². The van der Waals surface area contributed by atoms with Gasteiger partial charge in [0.1, 0.15) is 6.04 Å². The van der Waals surface area contributed by atoms with Crippen molar-refractivity contribution in [2.75, 3.05) is 13.7 Å². The molecule has 1 aromatic carbocycles. The lowest BCUT2D eigenvalue weighted by Gasteiger charge is -2.23. The fraction of sp³-hybridized carbons (Fsp3) is 0.778. The smallest absolute Gasteiger partial charge is 0.308 e. The lowest BCUT2D eigenvalue weighted by Crippen LogP contribution is -2.35. The number of hydrogen-bond donors (Lipinski definition) is 0. The Morgan fingerprint density at radius 1 is 0.698 bits per heavy atom. The third kappa shape index (κ3) is 20.1. The number of amides is 1. The summed E-state index contributed by atoms with van der Waals surface area (Å²) in [6.45, 7) is 6.68. The van der Waals surface area contributed by atoms with Crippen LogP contribution in [0.25, 0.3) is 0 Å². The summed E-state index contributed by atoms with van der Waals surface area (Å²) < 4.78 is 10.9. The van der Waals surface area contributed by atoms with Gasteiger partial charge in [0.2, 0.25) is 5.11 Å². The maximum absolute atomic E-state index is 13.8. The van der Waals surface area contributed by atoms with Gasteiger partial charge >= 0.3 is 5.97 Å². The fourth-order valence-corrected chi connectivity index (χ4v) is 7.79. The van der Waals surface area contributed by atoms with Crippen LogP contribution in [0.3, 0.4) is 0 Å². The van der Waals surface area contributed by atoms with Crippen molar-refractivity contribution >= 4 is 35.4 Å². The molecular weight excluding hydrogens is 679 g/mol.